The van der Waals surface area contributed by atoms with Gasteiger partial charge in [0.25, 0.3) is 0 Å². The molecule has 0 spiro atoms. The standard InChI is InChI=1S/C8H16O/c1-3-5-7-8(9)6-4-2/h4,8-9H,2-3,5-7H2,1H3/t8-/m1/s1. The lowest BCUT2D eigenvalue weighted by Crippen LogP contribution is -2.03. The Bertz CT molecular complexity index is 69.0. The van der Waals surface area contributed by atoms with Crippen LogP contribution < -0.4 is 0 Å². The molecule has 54 valence electrons. The molecule has 1 nitrogen and oxygen atoms in total. The number of aliphatic hydroxyl groups is 1. The molecule has 0 aromatic heterocycles. The fraction of sp³-hybridized carbons (Fsp3) is 0.750. The Hall–Kier alpha value is -0.300. The molecule has 0 fully saturated rings. The zero-order valence-electron chi connectivity index (χ0n) is 6.14. The summed E-state index contributed by atoms with van der Waals surface area (Å²) in [7, 11) is 0. The van der Waals surface area contributed by atoms with Gasteiger partial charge in [-0.2, -0.15) is 0 Å². The Balaban J connectivity index is 3.04. The van der Waals surface area contributed by atoms with Crippen molar-refractivity contribution >= 4 is 0 Å². The number of unbranched alkanes of at least 4 members (excludes halogenated alkanes) is 1. The second kappa shape index (κ2) is 5.83. The van der Waals surface area contributed by atoms with Crippen molar-refractivity contribution in [3.05, 3.63) is 12.7 Å². The highest BCUT2D eigenvalue weighted by Gasteiger charge is 1.97. The molecule has 1 heteroatoms. The number of hydrogen-bond donors (Lipinski definition) is 1. The van der Waals surface area contributed by atoms with Gasteiger partial charge in [0, 0.05) is 0 Å². The van der Waals surface area contributed by atoms with Crippen molar-refractivity contribution in [2.45, 2.75) is 38.7 Å². The van der Waals surface area contributed by atoms with Gasteiger partial charge >= 0.3 is 0 Å². The predicted molar refractivity (Wildman–Crippen MR) is 40.3 cm³/mol. The molecule has 0 unspecified atom stereocenters. The molecule has 9 heavy (non-hydrogen) atoms. The molecule has 0 saturated heterocycles. The first kappa shape index (κ1) is 8.70. The van der Waals surface area contributed by atoms with Gasteiger partial charge in [-0.3, -0.25) is 0 Å². The maximum atomic E-state index is 9.11. The third kappa shape index (κ3) is 5.57. The lowest BCUT2D eigenvalue weighted by atomic mass is 10.1. The lowest BCUT2D eigenvalue weighted by Gasteiger charge is -2.04. The highest BCUT2D eigenvalue weighted by Crippen LogP contribution is 2.03. The van der Waals surface area contributed by atoms with Crippen LogP contribution in [-0.4, -0.2) is 11.2 Å². The smallest absolute Gasteiger partial charge is 0.0574 e. The normalized spacial score (nSPS) is 13.1. The minimum absolute atomic E-state index is 0.151. The molecule has 0 aliphatic rings. The van der Waals surface area contributed by atoms with Crippen LogP contribution in [0.5, 0.6) is 0 Å². The molecule has 0 amide bonds. The monoisotopic (exact) mass is 128 g/mol. The molecule has 1 atom stereocenters. The van der Waals surface area contributed by atoms with Crippen molar-refractivity contribution in [3.63, 3.8) is 0 Å². The minimum atomic E-state index is -0.151. The van der Waals surface area contributed by atoms with Gasteiger partial charge in [0.15, 0.2) is 0 Å². The summed E-state index contributed by atoms with van der Waals surface area (Å²) in [5.74, 6) is 0. The SMILES string of the molecule is C=CC[C@@H](O)CCCC. The second-order valence-corrected chi connectivity index (χ2v) is 2.32. The van der Waals surface area contributed by atoms with E-state index in [1.807, 2.05) is 0 Å². The maximum Gasteiger partial charge on any atom is 0.0574 e. The van der Waals surface area contributed by atoms with Crippen LogP contribution in [0, 0.1) is 0 Å². The van der Waals surface area contributed by atoms with Crippen LogP contribution in [0.25, 0.3) is 0 Å². The average molecular weight is 128 g/mol. The minimum Gasteiger partial charge on any atom is -0.393 e. The number of hydrogen-bond acceptors (Lipinski definition) is 1. The van der Waals surface area contributed by atoms with Crippen LogP contribution in [0.2, 0.25) is 0 Å². The highest BCUT2D eigenvalue weighted by atomic mass is 16.3. The molecule has 0 aliphatic heterocycles. The van der Waals surface area contributed by atoms with Crippen molar-refractivity contribution in [1.29, 1.82) is 0 Å². The van der Waals surface area contributed by atoms with Gasteiger partial charge in [0.1, 0.15) is 0 Å². The van der Waals surface area contributed by atoms with E-state index in [0.29, 0.717) is 0 Å². The van der Waals surface area contributed by atoms with Gasteiger partial charge in [-0.25, -0.2) is 0 Å². The summed E-state index contributed by atoms with van der Waals surface area (Å²) in [5.41, 5.74) is 0. The highest BCUT2D eigenvalue weighted by molar-refractivity contribution is 4.71. The van der Waals surface area contributed by atoms with E-state index in [9.17, 15) is 0 Å². The Labute approximate surface area is 57.4 Å². The van der Waals surface area contributed by atoms with Gasteiger partial charge in [0.2, 0.25) is 0 Å². The largest absolute Gasteiger partial charge is 0.393 e. The van der Waals surface area contributed by atoms with E-state index in [0.717, 1.165) is 25.7 Å². The zero-order valence-corrected chi connectivity index (χ0v) is 6.14. The predicted octanol–water partition coefficient (Wildman–Crippen LogP) is 2.11. The van der Waals surface area contributed by atoms with E-state index in [1.54, 1.807) is 6.08 Å². The van der Waals surface area contributed by atoms with Crippen molar-refractivity contribution in [2.75, 3.05) is 0 Å². The zero-order chi connectivity index (χ0) is 7.11. The van der Waals surface area contributed by atoms with E-state index >= 15 is 0 Å². The van der Waals surface area contributed by atoms with E-state index < -0.39 is 0 Å². The Morgan fingerprint density at radius 2 is 2.33 bits per heavy atom. The summed E-state index contributed by atoms with van der Waals surface area (Å²) in [6.07, 6.45) is 5.55. The van der Waals surface area contributed by atoms with Crippen molar-refractivity contribution in [3.8, 4) is 0 Å². The van der Waals surface area contributed by atoms with Crippen molar-refractivity contribution < 1.29 is 5.11 Å². The molecule has 0 rings (SSSR count). The van der Waals surface area contributed by atoms with Gasteiger partial charge < -0.3 is 5.11 Å². The summed E-state index contributed by atoms with van der Waals surface area (Å²) in [6.45, 7) is 5.67. The summed E-state index contributed by atoms with van der Waals surface area (Å²) < 4.78 is 0. The first-order valence-corrected chi connectivity index (χ1v) is 3.60. The second-order valence-electron chi connectivity index (χ2n) is 2.32. The summed E-state index contributed by atoms with van der Waals surface area (Å²) in [5, 5.41) is 9.11. The fourth-order valence-corrected chi connectivity index (χ4v) is 0.750. The Kier molecular flexibility index (Phi) is 5.64. The first-order chi connectivity index (χ1) is 4.31. The van der Waals surface area contributed by atoms with Gasteiger partial charge in [-0.05, 0) is 12.8 Å². The molecular formula is C8H16O. The fourth-order valence-electron chi connectivity index (χ4n) is 0.750. The average Bonchev–Trinajstić information content (AvgIpc) is 1.85. The molecule has 0 aliphatic carbocycles. The van der Waals surface area contributed by atoms with E-state index in [2.05, 4.69) is 13.5 Å². The molecule has 0 heterocycles. The Morgan fingerprint density at radius 3 is 2.78 bits per heavy atom. The summed E-state index contributed by atoms with van der Waals surface area (Å²) >= 11 is 0. The molecule has 0 aromatic carbocycles. The van der Waals surface area contributed by atoms with Gasteiger partial charge in [-0.15, -0.1) is 6.58 Å². The molecule has 0 aromatic rings. The van der Waals surface area contributed by atoms with E-state index in [1.165, 1.54) is 0 Å². The van der Waals surface area contributed by atoms with Crippen molar-refractivity contribution in [1.82, 2.24) is 0 Å². The van der Waals surface area contributed by atoms with Crippen molar-refractivity contribution in [2.24, 2.45) is 0 Å². The molecule has 0 saturated carbocycles. The Morgan fingerprint density at radius 1 is 1.67 bits per heavy atom. The molecule has 0 radical (unpaired) electrons. The summed E-state index contributed by atoms with van der Waals surface area (Å²) in [4.78, 5) is 0. The number of aliphatic hydroxyl groups excluding tert-OH is 1. The molecular weight excluding hydrogens is 112 g/mol. The van der Waals surface area contributed by atoms with Crippen LogP contribution >= 0.6 is 0 Å². The van der Waals surface area contributed by atoms with Crippen LogP contribution in [-0.2, 0) is 0 Å². The van der Waals surface area contributed by atoms with E-state index in [-0.39, 0.29) is 6.10 Å². The lowest BCUT2D eigenvalue weighted by molar-refractivity contribution is 0.164. The molecule has 0 bridgehead atoms. The topological polar surface area (TPSA) is 20.2 Å². The van der Waals surface area contributed by atoms with Crippen LogP contribution in [0.3, 0.4) is 0 Å². The molecule has 1 N–H and O–H groups in total. The third-order valence-corrected chi connectivity index (χ3v) is 1.33. The van der Waals surface area contributed by atoms with Gasteiger partial charge in [0.05, 0.1) is 6.10 Å². The van der Waals surface area contributed by atoms with Crippen LogP contribution in [0.1, 0.15) is 32.6 Å². The quantitative estimate of drug-likeness (QED) is 0.562. The maximum absolute atomic E-state index is 9.11. The van der Waals surface area contributed by atoms with Crippen LogP contribution in [0.4, 0.5) is 0 Å². The van der Waals surface area contributed by atoms with Gasteiger partial charge in [-0.1, -0.05) is 25.8 Å². The van der Waals surface area contributed by atoms with E-state index in [4.69, 9.17) is 5.11 Å². The number of rotatable bonds is 5. The first-order valence-electron chi connectivity index (χ1n) is 3.60. The van der Waals surface area contributed by atoms with Crippen LogP contribution in [0.15, 0.2) is 12.7 Å². The third-order valence-electron chi connectivity index (χ3n) is 1.33. The summed E-state index contributed by atoms with van der Waals surface area (Å²) in [6, 6.07) is 0.